The largest absolute Gasteiger partial charge is 0.395 e. The van der Waals surface area contributed by atoms with Crippen molar-refractivity contribution in [1.82, 2.24) is 0 Å². The van der Waals surface area contributed by atoms with Gasteiger partial charge in [-0.15, -0.1) is 0 Å². The number of aliphatic hydroxyl groups excluding tert-OH is 1. The number of thioether (sulfide) groups is 1. The van der Waals surface area contributed by atoms with Gasteiger partial charge in [-0.2, -0.15) is 20.2 Å². The molecule has 2 aromatic carbocycles. The smallest absolute Gasteiger partial charge is 0.294 e. The number of hydrogen-bond acceptors (Lipinski definition) is 5. The topological polar surface area (TPSA) is 101 Å². The molecule has 138 valence electrons. The van der Waals surface area contributed by atoms with Crippen molar-refractivity contribution in [2.45, 2.75) is 29.2 Å². The molecule has 0 fully saturated rings. The fourth-order valence-electron chi connectivity index (χ4n) is 1.91. The standard InChI is InChI=1S/C11H17NOS.C7H8O3S/c12-7-6-11(8-13)14-9-10-4-2-1-3-5-10;1-6-2-4-7(5-3-6)11(8,9)10/h1-5,11,13H,6-9,12H2;2-5H,1H3,(H,8,9,10)/t11-;/m1./s1. The maximum atomic E-state index is 10.5. The summed E-state index contributed by atoms with van der Waals surface area (Å²) in [7, 11) is -4.02. The summed E-state index contributed by atoms with van der Waals surface area (Å²) in [5, 5.41) is 9.34. The SMILES string of the molecule is Cc1ccc(S(=O)(=O)O)cc1.NCC[C@H](CO)SCc1ccccc1. The van der Waals surface area contributed by atoms with Crippen molar-refractivity contribution in [3.8, 4) is 0 Å². The zero-order valence-corrected chi connectivity index (χ0v) is 15.8. The van der Waals surface area contributed by atoms with Crippen LogP contribution in [-0.2, 0) is 15.9 Å². The highest BCUT2D eigenvalue weighted by Crippen LogP contribution is 2.19. The van der Waals surface area contributed by atoms with E-state index in [9.17, 15) is 8.42 Å². The van der Waals surface area contributed by atoms with E-state index in [-0.39, 0.29) is 16.8 Å². The summed E-state index contributed by atoms with van der Waals surface area (Å²) < 4.78 is 29.6. The molecule has 0 aromatic heterocycles. The molecule has 4 N–H and O–H groups in total. The zero-order chi connectivity index (χ0) is 18.7. The number of aliphatic hydroxyl groups is 1. The summed E-state index contributed by atoms with van der Waals surface area (Å²) in [5.74, 6) is 0.950. The summed E-state index contributed by atoms with van der Waals surface area (Å²) in [6.07, 6.45) is 0.883. The summed E-state index contributed by atoms with van der Waals surface area (Å²) >= 11 is 1.77. The molecule has 2 rings (SSSR count). The lowest BCUT2D eigenvalue weighted by Gasteiger charge is -2.12. The molecule has 0 saturated heterocycles. The van der Waals surface area contributed by atoms with Gasteiger partial charge in [0.2, 0.25) is 0 Å². The average Bonchev–Trinajstić information content (AvgIpc) is 2.59. The van der Waals surface area contributed by atoms with Crippen molar-refractivity contribution in [2.24, 2.45) is 5.73 Å². The van der Waals surface area contributed by atoms with Crippen LogP contribution in [0.25, 0.3) is 0 Å². The molecule has 2 aromatic rings. The van der Waals surface area contributed by atoms with Crippen LogP contribution in [-0.4, -0.2) is 36.5 Å². The minimum absolute atomic E-state index is 0.0666. The van der Waals surface area contributed by atoms with E-state index in [2.05, 4.69) is 12.1 Å². The van der Waals surface area contributed by atoms with Crippen molar-refractivity contribution >= 4 is 21.9 Å². The van der Waals surface area contributed by atoms with Crippen molar-refractivity contribution < 1.29 is 18.1 Å². The first-order valence-electron chi connectivity index (χ1n) is 7.87. The minimum Gasteiger partial charge on any atom is -0.395 e. The van der Waals surface area contributed by atoms with E-state index in [1.807, 2.05) is 25.1 Å². The highest BCUT2D eigenvalue weighted by Gasteiger charge is 2.07. The van der Waals surface area contributed by atoms with Crippen LogP contribution in [0.1, 0.15) is 17.5 Å². The van der Waals surface area contributed by atoms with Crippen LogP contribution in [0.3, 0.4) is 0 Å². The molecule has 0 aliphatic carbocycles. The summed E-state index contributed by atoms with van der Waals surface area (Å²) in [6, 6.07) is 16.3. The monoisotopic (exact) mass is 383 g/mol. The van der Waals surface area contributed by atoms with Crippen LogP contribution in [0.15, 0.2) is 59.5 Å². The van der Waals surface area contributed by atoms with Crippen molar-refractivity contribution in [3.63, 3.8) is 0 Å². The van der Waals surface area contributed by atoms with Crippen molar-refractivity contribution in [1.29, 1.82) is 0 Å². The summed E-state index contributed by atoms with van der Waals surface area (Å²) in [6.45, 7) is 2.70. The van der Waals surface area contributed by atoms with E-state index >= 15 is 0 Å². The van der Waals surface area contributed by atoms with E-state index in [4.69, 9.17) is 15.4 Å². The lowest BCUT2D eigenvalue weighted by atomic mass is 10.2. The Hall–Kier alpha value is -1.38. The van der Waals surface area contributed by atoms with Gasteiger partial charge in [-0.25, -0.2) is 0 Å². The third-order valence-corrected chi connectivity index (χ3v) is 5.56. The van der Waals surface area contributed by atoms with Gasteiger partial charge in [0.15, 0.2) is 0 Å². The van der Waals surface area contributed by atoms with Crippen LogP contribution >= 0.6 is 11.8 Å². The molecule has 0 spiro atoms. The molecular formula is C18H25NO4S2. The average molecular weight is 384 g/mol. The molecule has 0 heterocycles. The van der Waals surface area contributed by atoms with E-state index in [1.165, 1.54) is 17.7 Å². The van der Waals surface area contributed by atoms with Gasteiger partial charge in [-0.3, -0.25) is 4.55 Å². The molecule has 0 unspecified atom stereocenters. The second kappa shape index (κ2) is 11.3. The zero-order valence-electron chi connectivity index (χ0n) is 14.2. The molecule has 1 atom stereocenters. The van der Waals surface area contributed by atoms with Crippen LogP contribution in [0.2, 0.25) is 0 Å². The number of aryl methyl sites for hydroxylation is 1. The van der Waals surface area contributed by atoms with E-state index < -0.39 is 10.1 Å². The quantitative estimate of drug-likeness (QED) is 0.636. The first-order valence-corrected chi connectivity index (χ1v) is 10.4. The highest BCUT2D eigenvalue weighted by molar-refractivity contribution is 7.99. The Bertz CT molecular complexity index is 704. The second-order valence-corrected chi connectivity index (χ2v) is 8.18. The van der Waals surface area contributed by atoms with Gasteiger partial charge in [0.05, 0.1) is 11.5 Å². The molecular weight excluding hydrogens is 358 g/mol. The second-order valence-electron chi connectivity index (χ2n) is 5.47. The molecule has 25 heavy (non-hydrogen) atoms. The predicted octanol–water partition coefficient (Wildman–Crippen LogP) is 2.87. The van der Waals surface area contributed by atoms with Gasteiger partial charge in [0.25, 0.3) is 10.1 Å². The number of nitrogens with two attached hydrogens (primary N) is 1. The first-order chi connectivity index (χ1) is 11.9. The fraction of sp³-hybridized carbons (Fsp3) is 0.333. The Morgan fingerprint density at radius 2 is 1.68 bits per heavy atom. The van der Waals surface area contributed by atoms with Crippen LogP contribution in [0.5, 0.6) is 0 Å². The molecule has 7 heteroatoms. The van der Waals surface area contributed by atoms with Crippen LogP contribution in [0, 0.1) is 6.92 Å². The Balaban J connectivity index is 0.000000257. The maximum absolute atomic E-state index is 10.5. The van der Waals surface area contributed by atoms with Crippen molar-refractivity contribution in [3.05, 3.63) is 65.7 Å². The predicted molar refractivity (Wildman–Crippen MR) is 103 cm³/mol. The Kier molecular flexibility index (Phi) is 9.77. The van der Waals surface area contributed by atoms with Crippen LogP contribution in [0.4, 0.5) is 0 Å². The first kappa shape index (κ1) is 21.7. The number of rotatable bonds is 7. The van der Waals surface area contributed by atoms with E-state index in [0.29, 0.717) is 6.54 Å². The van der Waals surface area contributed by atoms with Gasteiger partial charge in [-0.1, -0.05) is 48.0 Å². The fourth-order valence-corrected chi connectivity index (χ4v) is 3.42. The molecule has 0 bridgehead atoms. The molecule has 0 aliphatic heterocycles. The lowest BCUT2D eigenvalue weighted by Crippen LogP contribution is -2.14. The molecule has 0 radical (unpaired) electrons. The summed E-state index contributed by atoms with van der Waals surface area (Å²) in [5.41, 5.74) is 7.70. The normalized spacial score (nSPS) is 12.2. The van der Waals surface area contributed by atoms with Gasteiger partial charge in [0.1, 0.15) is 0 Å². The van der Waals surface area contributed by atoms with Crippen LogP contribution < -0.4 is 5.73 Å². The lowest BCUT2D eigenvalue weighted by molar-refractivity contribution is 0.291. The van der Waals surface area contributed by atoms with Crippen molar-refractivity contribution in [2.75, 3.05) is 13.2 Å². The third kappa shape index (κ3) is 9.04. The number of hydrogen-bond donors (Lipinski definition) is 3. The third-order valence-electron chi connectivity index (χ3n) is 3.34. The maximum Gasteiger partial charge on any atom is 0.294 e. The molecule has 0 aliphatic rings. The van der Waals surface area contributed by atoms with Gasteiger partial charge in [-0.05, 0) is 37.6 Å². The Labute approximate surface area is 154 Å². The Morgan fingerprint density at radius 3 is 2.16 bits per heavy atom. The molecule has 0 saturated carbocycles. The van der Waals surface area contributed by atoms with Gasteiger partial charge in [0, 0.05) is 11.0 Å². The Morgan fingerprint density at radius 1 is 1.08 bits per heavy atom. The van der Waals surface area contributed by atoms with E-state index in [1.54, 1.807) is 23.9 Å². The molecule has 5 nitrogen and oxygen atoms in total. The van der Waals surface area contributed by atoms with Gasteiger partial charge < -0.3 is 10.8 Å². The minimum atomic E-state index is -4.02. The number of benzene rings is 2. The highest BCUT2D eigenvalue weighted by atomic mass is 32.2. The van der Waals surface area contributed by atoms with E-state index in [0.717, 1.165) is 17.7 Å². The van der Waals surface area contributed by atoms with Gasteiger partial charge >= 0.3 is 0 Å². The molecule has 0 amide bonds. The summed E-state index contributed by atoms with van der Waals surface area (Å²) in [4.78, 5) is -0.0666.